The molecule has 2 bridgehead atoms. The first-order valence-electron chi connectivity index (χ1n) is 15.2. The molecule has 3 aliphatic rings. The monoisotopic (exact) mass is 673 g/mol. The van der Waals surface area contributed by atoms with Gasteiger partial charge in [-0.1, -0.05) is 68.6 Å². The van der Waals surface area contributed by atoms with E-state index in [0.29, 0.717) is 38.0 Å². The quantitative estimate of drug-likeness (QED) is 0.394. The zero-order valence-corrected chi connectivity index (χ0v) is 27.8. The number of nitrogens with zero attached hydrogens (tertiary/aromatic N) is 3. The van der Waals surface area contributed by atoms with E-state index in [2.05, 4.69) is 10.3 Å². The number of rotatable bonds is 6. The van der Waals surface area contributed by atoms with Crippen LogP contribution in [0.2, 0.25) is 10.0 Å². The van der Waals surface area contributed by atoms with E-state index < -0.39 is 27.5 Å². The number of piperazine rings is 1. The van der Waals surface area contributed by atoms with Gasteiger partial charge in [0.2, 0.25) is 21.8 Å². The molecular weight excluding hydrogens is 637 g/mol. The number of H-pyrrole nitrogens is 1. The van der Waals surface area contributed by atoms with Gasteiger partial charge in [0.15, 0.2) is 0 Å². The highest BCUT2D eigenvalue weighted by Gasteiger charge is 2.52. The molecule has 10 nitrogen and oxygen atoms in total. The van der Waals surface area contributed by atoms with Gasteiger partial charge in [0.1, 0.15) is 22.7 Å². The summed E-state index contributed by atoms with van der Waals surface area (Å²) < 4.78 is 28.7. The van der Waals surface area contributed by atoms with Crippen LogP contribution in [0.4, 0.5) is 0 Å². The molecule has 3 aromatic rings. The first-order chi connectivity index (χ1) is 21.3. The average molecular weight is 675 g/mol. The topological polar surface area (TPSA) is 123 Å². The second-order valence-corrected chi connectivity index (χ2v) is 16.0. The van der Waals surface area contributed by atoms with Crippen molar-refractivity contribution < 1.29 is 22.8 Å². The van der Waals surface area contributed by atoms with E-state index in [1.54, 1.807) is 15.9 Å². The van der Waals surface area contributed by atoms with Crippen molar-refractivity contribution in [2.24, 2.45) is 5.41 Å². The Hall–Kier alpha value is -3.12. The molecule has 2 aromatic carbocycles. The van der Waals surface area contributed by atoms with Crippen molar-refractivity contribution in [3.8, 4) is 0 Å². The predicted octanol–water partition coefficient (Wildman–Crippen LogP) is 4.67. The number of aromatic amines is 1. The minimum Gasteiger partial charge on any atom is -0.351 e. The third-order valence-electron chi connectivity index (χ3n) is 9.19. The molecule has 1 aromatic heterocycles. The maximum atomic E-state index is 14.0. The number of sulfonamides is 1. The Morgan fingerprint density at radius 1 is 0.978 bits per heavy atom. The third kappa shape index (κ3) is 5.95. The largest absolute Gasteiger partial charge is 0.351 e. The second kappa shape index (κ2) is 11.9. The number of carbonyl (C=O) groups is 3. The van der Waals surface area contributed by atoms with Gasteiger partial charge in [-0.2, -0.15) is 4.31 Å². The third-order valence-corrected chi connectivity index (χ3v) is 11.8. The van der Waals surface area contributed by atoms with Gasteiger partial charge in [0.05, 0.1) is 17.1 Å². The molecule has 4 heterocycles. The van der Waals surface area contributed by atoms with E-state index in [4.69, 9.17) is 23.2 Å². The molecule has 3 amide bonds. The number of nitrogens with one attached hydrogen (secondary N) is 2. The zero-order valence-electron chi connectivity index (χ0n) is 25.4. The molecule has 3 saturated heterocycles. The normalized spacial score (nSPS) is 23.0. The number of para-hydroxylation sites is 1. The number of fused-ring (bicyclic) bond motifs is 3. The summed E-state index contributed by atoms with van der Waals surface area (Å²) in [5, 5.41) is 4.17. The smallest absolute Gasteiger partial charge is 0.268 e. The summed E-state index contributed by atoms with van der Waals surface area (Å²) >= 11 is 12.4. The molecule has 2 N–H and O–H groups in total. The number of aromatic nitrogens is 1. The van der Waals surface area contributed by atoms with Crippen LogP contribution in [0, 0.1) is 5.41 Å². The van der Waals surface area contributed by atoms with Gasteiger partial charge in [-0.3, -0.25) is 14.4 Å². The molecule has 0 saturated carbocycles. The summed E-state index contributed by atoms with van der Waals surface area (Å²) in [6.45, 7) is 6.58. The Balaban J connectivity index is 1.16. The van der Waals surface area contributed by atoms with Crippen LogP contribution in [-0.2, 0) is 19.6 Å². The minimum atomic E-state index is -4.08. The molecule has 3 fully saturated rings. The first-order valence-corrected chi connectivity index (χ1v) is 17.4. The maximum Gasteiger partial charge on any atom is 0.268 e. The highest BCUT2D eigenvalue weighted by Crippen LogP contribution is 2.37. The van der Waals surface area contributed by atoms with E-state index in [-0.39, 0.29) is 51.3 Å². The lowest BCUT2D eigenvalue weighted by Gasteiger charge is -2.41. The van der Waals surface area contributed by atoms with Gasteiger partial charge >= 0.3 is 0 Å². The Morgan fingerprint density at radius 3 is 2.38 bits per heavy atom. The van der Waals surface area contributed by atoms with E-state index in [1.807, 2.05) is 45.0 Å². The number of hydrogen-bond acceptors (Lipinski definition) is 5. The summed E-state index contributed by atoms with van der Waals surface area (Å²) in [5.74, 6) is -0.807. The van der Waals surface area contributed by atoms with Crippen molar-refractivity contribution in [3.63, 3.8) is 0 Å². The summed E-state index contributed by atoms with van der Waals surface area (Å²) in [7, 11) is -4.08. The van der Waals surface area contributed by atoms with Crippen LogP contribution in [0.15, 0.2) is 53.4 Å². The Labute approximate surface area is 273 Å². The van der Waals surface area contributed by atoms with Crippen LogP contribution in [0.25, 0.3) is 10.9 Å². The lowest BCUT2D eigenvalue weighted by molar-refractivity contribution is -0.144. The molecule has 45 heavy (non-hydrogen) atoms. The van der Waals surface area contributed by atoms with E-state index in [0.717, 1.165) is 17.3 Å². The van der Waals surface area contributed by atoms with Gasteiger partial charge in [-0.25, -0.2) is 8.42 Å². The molecule has 4 atom stereocenters. The summed E-state index contributed by atoms with van der Waals surface area (Å²) in [6, 6.07) is 11.5. The standard InChI is InChI=1S/C32H37Cl2N5O5S/c1-32(2,3)28(36-29(40)25-14-19-8-4-5-9-24(19)35-25)31(42)38-18-21-16-22(38)17-37(21)30(41)26-10-6-7-13-39(26)45(43,44)27-15-20(33)11-12-23(27)34/h4-5,8-9,11-12,14-15,21-22,26,28,35H,6-7,10,13,16-18H2,1-3H3,(H,36,40)/t21-,22-,26+,28+/m0/s1. The predicted molar refractivity (Wildman–Crippen MR) is 173 cm³/mol. The molecule has 0 aliphatic carbocycles. The van der Waals surface area contributed by atoms with Gasteiger partial charge in [0, 0.05) is 35.6 Å². The summed E-state index contributed by atoms with van der Waals surface area (Å²) in [4.78, 5) is 47.8. The number of benzene rings is 2. The van der Waals surface area contributed by atoms with Crippen molar-refractivity contribution >= 4 is 61.8 Å². The summed E-state index contributed by atoms with van der Waals surface area (Å²) in [5.41, 5.74) is 0.640. The van der Waals surface area contributed by atoms with E-state index >= 15 is 0 Å². The molecule has 13 heteroatoms. The zero-order chi connectivity index (χ0) is 32.3. The maximum absolute atomic E-state index is 14.0. The lowest BCUT2D eigenvalue weighted by Crippen LogP contribution is -2.61. The number of amides is 3. The van der Waals surface area contributed by atoms with Crippen LogP contribution in [0.5, 0.6) is 0 Å². The average Bonchev–Trinajstić information content (AvgIpc) is 3.74. The van der Waals surface area contributed by atoms with Gasteiger partial charge in [-0.15, -0.1) is 0 Å². The molecule has 240 valence electrons. The fourth-order valence-electron chi connectivity index (χ4n) is 6.86. The van der Waals surface area contributed by atoms with Gasteiger partial charge in [-0.05, 0) is 55.0 Å². The molecule has 6 rings (SSSR count). The fourth-order valence-corrected chi connectivity index (χ4v) is 9.25. The van der Waals surface area contributed by atoms with Gasteiger partial charge < -0.3 is 20.1 Å². The first kappa shape index (κ1) is 31.8. The van der Waals surface area contributed by atoms with Crippen molar-refractivity contribution in [2.45, 2.75) is 75.5 Å². The Kier molecular flexibility index (Phi) is 8.43. The van der Waals surface area contributed by atoms with Crippen molar-refractivity contribution in [1.29, 1.82) is 0 Å². The SMILES string of the molecule is CC(C)(C)[C@H](NC(=O)c1cc2ccccc2[nH]1)C(=O)N1C[C@@H]2C[C@H]1CN2C(=O)[C@H]1CCCCN1S(=O)(=O)c1cc(Cl)ccc1Cl. The molecule has 0 unspecified atom stereocenters. The minimum absolute atomic E-state index is 0.0515. The number of carbonyl (C=O) groups excluding carboxylic acids is 3. The van der Waals surface area contributed by atoms with Crippen LogP contribution in [0.3, 0.4) is 0 Å². The van der Waals surface area contributed by atoms with Crippen LogP contribution in [-0.4, -0.2) is 89.0 Å². The number of piperidine rings is 1. The number of likely N-dealkylation sites (tertiary alicyclic amines) is 2. The Bertz CT molecular complexity index is 1740. The van der Waals surface area contributed by atoms with Crippen molar-refractivity contribution in [2.75, 3.05) is 19.6 Å². The molecular formula is C32H37Cl2N5O5S. The Morgan fingerprint density at radius 2 is 1.69 bits per heavy atom. The highest BCUT2D eigenvalue weighted by atomic mass is 35.5. The van der Waals surface area contributed by atoms with Crippen molar-refractivity contribution in [1.82, 2.24) is 24.4 Å². The number of halogens is 2. The van der Waals surface area contributed by atoms with Crippen LogP contribution < -0.4 is 5.32 Å². The lowest BCUT2D eigenvalue weighted by atomic mass is 9.85. The molecule has 0 radical (unpaired) electrons. The van der Waals surface area contributed by atoms with Crippen LogP contribution >= 0.6 is 23.2 Å². The fraction of sp³-hybridized carbons (Fsp3) is 0.469. The van der Waals surface area contributed by atoms with Crippen LogP contribution in [0.1, 0.15) is 56.9 Å². The van der Waals surface area contributed by atoms with E-state index in [1.165, 1.54) is 22.5 Å². The van der Waals surface area contributed by atoms with Crippen molar-refractivity contribution in [3.05, 3.63) is 64.3 Å². The molecule has 0 spiro atoms. The second-order valence-electron chi connectivity index (χ2n) is 13.3. The molecule has 3 aliphatic heterocycles. The van der Waals surface area contributed by atoms with E-state index in [9.17, 15) is 22.8 Å². The highest BCUT2D eigenvalue weighted by molar-refractivity contribution is 7.89. The summed E-state index contributed by atoms with van der Waals surface area (Å²) in [6.07, 6.45) is 2.36. The van der Waals surface area contributed by atoms with Gasteiger partial charge in [0.25, 0.3) is 5.91 Å². The number of hydrogen-bond donors (Lipinski definition) is 2.